The number of rotatable bonds is 6. The predicted octanol–water partition coefficient (Wildman–Crippen LogP) is 5.05. The molecule has 2 heterocycles. The van der Waals surface area contributed by atoms with E-state index in [0.717, 1.165) is 39.0 Å². The van der Waals surface area contributed by atoms with Gasteiger partial charge in [0.2, 0.25) is 11.8 Å². The summed E-state index contributed by atoms with van der Waals surface area (Å²) in [6.45, 7) is 1.97. The van der Waals surface area contributed by atoms with Crippen LogP contribution in [0.2, 0.25) is 5.02 Å². The van der Waals surface area contributed by atoms with Crippen molar-refractivity contribution < 1.29 is 14.3 Å². The van der Waals surface area contributed by atoms with Gasteiger partial charge in [0.25, 0.3) is 0 Å². The van der Waals surface area contributed by atoms with E-state index in [0.29, 0.717) is 24.4 Å². The molecule has 4 aromatic rings. The Hall–Kier alpha value is -3.77. The molecule has 7 heteroatoms. The number of carbonyl (C=O) groups excluding carboxylic acids is 2. The SMILES string of the molecule is COc1ccc(C2c3[nH]c4ccc(Cl)cc4c3CCN2C(=O)C(Cc2ccccc2)NC(C)=O)cc1. The molecule has 2 unspecified atom stereocenters. The zero-order valence-electron chi connectivity index (χ0n) is 20.3. The van der Waals surface area contributed by atoms with E-state index in [1.54, 1.807) is 7.11 Å². The van der Waals surface area contributed by atoms with Crippen LogP contribution in [0, 0.1) is 0 Å². The van der Waals surface area contributed by atoms with E-state index in [4.69, 9.17) is 16.3 Å². The zero-order valence-corrected chi connectivity index (χ0v) is 21.0. The highest BCUT2D eigenvalue weighted by molar-refractivity contribution is 6.31. The summed E-state index contributed by atoms with van der Waals surface area (Å²) in [5, 5.41) is 4.65. The number of hydrogen-bond acceptors (Lipinski definition) is 3. The average molecular weight is 502 g/mol. The Bertz CT molecular complexity index is 1400. The smallest absolute Gasteiger partial charge is 0.246 e. The second-order valence-electron chi connectivity index (χ2n) is 9.11. The number of halogens is 1. The van der Waals surface area contributed by atoms with Crippen LogP contribution in [0.25, 0.3) is 10.9 Å². The Labute approximate surface area is 215 Å². The maximum Gasteiger partial charge on any atom is 0.246 e. The first-order chi connectivity index (χ1) is 17.4. The largest absolute Gasteiger partial charge is 0.497 e. The summed E-state index contributed by atoms with van der Waals surface area (Å²) in [5.74, 6) is 0.400. The number of nitrogens with one attached hydrogen (secondary N) is 2. The summed E-state index contributed by atoms with van der Waals surface area (Å²) in [7, 11) is 1.63. The molecule has 0 bridgehead atoms. The van der Waals surface area contributed by atoms with E-state index in [1.807, 2.05) is 77.7 Å². The van der Waals surface area contributed by atoms with Crippen LogP contribution in [-0.2, 0) is 22.4 Å². The molecule has 1 aromatic heterocycles. The molecule has 5 rings (SSSR count). The van der Waals surface area contributed by atoms with Crippen LogP contribution in [0.5, 0.6) is 5.75 Å². The molecule has 0 spiro atoms. The number of amides is 2. The summed E-state index contributed by atoms with van der Waals surface area (Å²) in [6.07, 6.45) is 1.10. The Morgan fingerprint density at radius 3 is 2.56 bits per heavy atom. The molecule has 0 aliphatic carbocycles. The second kappa shape index (κ2) is 10.1. The Kier molecular flexibility index (Phi) is 6.70. The van der Waals surface area contributed by atoms with Gasteiger partial charge in [-0.1, -0.05) is 54.1 Å². The van der Waals surface area contributed by atoms with E-state index in [2.05, 4.69) is 10.3 Å². The number of carbonyl (C=O) groups is 2. The molecular weight excluding hydrogens is 474 g/mol. The molecule has 2 atom stereocenters. The number of hydrogen-bond donors (Lipinski definition) is 2. The van der Waals surface area contributed by atoms with Crippen molar-refractivity contribution in [2.24, 2.45) is 0 Å². The summed E-state index contributed by atoms with van der Waals surface area (Å²) in [5.41, 5.74) is 5.07. The van der Waals surface area contributed by atoms with Gasteiger partial charge in [0.15, 0.2) is 0 Å². The quantitative estimate of drug-likeness (QED) is 0.388. The first-order valence-electron chi connectivity index (χ1n) is 12.0. The number of aromatic nitrogens is 1. The third-order valence-electron chi connectivity index (χ3n) is 6.76. The van der Waals surface area contributed by atoms with Crippen LogP contribution in [0.4, 0.5) is 0 Å². The van der Waals surface area contributed by atoms with E-state index in [9.17, 15) is 9.59 Å². The normalized spacial score (nSPS) is 15.9. The van der Waals surface area contributed by atoms with Crippen LogP contribution in [0.3, 0.4) is 0 Å². The van der Waals surface area contributed by atoms with Crippen molar-refractivity contribution in [2.45, 2.75) is 31.8 Å². The van der Waals surface area contributed by atoms with Crippen molar-refractivity contribution >= 4 is 34.3 Å². The van der Waals surface area contributed by atoms with Crippen LogP contribution < -0.4 is 10.1 Å². The van der Waals surface area contributed by atoms with E-state index < -0.39 is 6.04 Å². The third kappa shape index (κ3) is 4.69. The van der Waals surface area contributed by atoms with E-state index in [-0.39, 0.29) is 17.9 Å². The van der Waals surface area contributed by atoms with Gasteiger partial charge in [-0.15, -0.1) is 0 Å². The minimum absolute atomic E-state index is 0.114. The highest BCUT2D eigenvalue weighted by atomic mass is 35.5. The number of ether oxygens (including phenoxy) is 1. The molecule has 2 amide bonds. The fourth-order valence-corrected chi connectivity index (χ4v) is 5.30. The Morgan fingerprint density at radius 1 is 1.11 bits per heavy atom. The van der Waals surface area contributed by atoms with Crippen molar-refractivity contribution in [3.63, 3.8) is 0 Å². The lowest BCUT2D eigenvalue weighted by atomic mass is 9.91. The Morgan fingerprint density at radius 2 is 1.86 bits per heavy atom. The van der Waals surface area contributed by atoms with Gasteiger partial charge in [-0.2, -0.15) is 0 Å². The first kappa shape index (κ1) is 23.9. The second-order valence-corrected chi connectivity index (χ2v) is 9.54. The lowest BCUT2D eigenvalue weighted by Gasteiger charge is -2.38. The molecule has 0 radical (unpaired) electrons. The zero-order chi connectivity index (χ0) is 25.2. The number of aromatic amines is 1. The van der Waals surface area contributed by atoms with Crippen LogP contribution in [0.15, 0.2) is 72.8 Å². The lowest BCUT2D eigenvalue weighted by molar-refractivity contribution is -0.138. The Balaban J connectivity index is 1.58. The summed E-state index contributed by atoms with van der Waals surface area (Å²) < 4.78 is 5.36. The van der Waals surface area contributed by atoms with Crippen LogP contribution >= 0.6 is 11.6 Å². The van der Waals surface area contributed by atoms with Gasteiger partial charge in [0.05, 0.1) is 13.2 Å². The van der Waals surface area contributed by atoms with Gasteiger partial charge in [0, 0.05) is 41.5 Å². The molecule has 1 aliphatic rings. The molecule has 0 fully saturated rings. The molecule has 0 saturated heterocycles. The fourth-order valence-electron chi connectivity index (χ4n) is 5.13. The van der Waals surface area contributed by atoms with Crippen molar-refractivity contribution in [3.8, 4) is 5.75 Å². The van der Waals surface area contributed by atoms with Gasteiger partial charge < -0.3 is 19.9 Å². The lowest BCUT2D eigenvalue weighted by Crippen LogP contribution is -2.52. The molecule has 3 aromatic carbocycles. The maximum atomic E-state index is 14.1. The molecule has 6 nitrogen and oxygen atoms in total. The van der Waals surface area contributed by atoms with Gasteiger partial charge in [-0.05, 0) is 53.4 Å². The van der Waals surface area contributed by atoms with Crippen molar-refractivity contribution in [2.75, 3.05) is 13.7 Å². The van der Waals surface area contributed by atoms with Gasteiger partial charge in [-0.25, -0.2) is 0 Å². The van der Waals surface area contributed by atoms with E-state index in [1.165, 1.54) is 6.92 Å². The summed E-state index contributed by atoms with van der Waals surface area (Å²) in [4.78, 5) is 31.6. The molecular formula is C29H28ClN3O3. The highest BCUT2D eigenvalue weighted by Gasteiger charge is 2.37. The average Bonchev–Trinajstić information content (AvgIpc) is 3.25. The molecule has 0 saturated carbocycles. The number of methoxy groups -OCH3 is 1. The highest BCUT2D eigenvalue weighted by Crippen LogP contribution is 2.40. The summed E-state index contributed by atoms with van der Waals surface area (Å²) in [6, 6.07) is 22.3. The van der Waals surface area contributed by atoms with E-state index >= 15 is 0 Å². The summed E-state index contributed by atoms with van der Waals surface area (Å²) >= 11 is 6.32. The van der Waals surface area contributed by atoms with Crippen molar-refractivity contribution in [3.05, 3.63) is 100 Å². The van der Waals surface area contributed by atoms with Gasteiger partial charge >= 0.3 is 0 Å². The number of fused-ring (bicyclic) bond motifs is 3. The standard InChI is InChI=1S/C29H28ClN3O3/c1-18(34)31-26(16-19-6-4-3-5-7-19)29(35)33-15-14-23-24-17-21(30)10-13-25(24)32-27(23)28(33)20-8-11-22(36-2)12-9-20/h3-13,17,26,28,32H,14-16H2,1-2H3,(H,31,34). The van der Waals surface area contributed by atoms with Crippen LogP contribution in [0.1, 0.15) is 35.3 Å². The molecule has 36 heavy (non-hydrogen) atoms. The monoisotopic (exact) mass is 501 g/mol. The predicted molar refractivity (Wildman–Crippen MR) is 141 cm³/mol. The van der Waals surface area contributed by atoms with Gasteiger partial charge in [0.1, 0.15) is 11.8 Å². The van der Waals surface area contributed by atoms with Crippen LogP contribution in [-0.4, -0.2) is 41.4 Å². The first-order valence-corrected chi connectivity index (χ1v) is 12.4. The molecule has 1 aliphatic heterocycles. The van der Waals surface area contributed by atoms with Crippen molar-refractivity contribution in [1.82, 2.24) is 15.2 Å². The minimum atomic E-state index is -0.675. The number of benzene rings is 3. The van der Waals surface area contributed by atoms with Crippen molar-refractivity contribution in [1.29, 1.82) is 0 Å². The maximum absolute atomic E-state index is 14.1. The fraction of sp³-hybridized carbons (Fsp3) is 0.241. The number of H-pyrrole nitrogens is 1. The number of nitrogens with zero attached hydrogens (tertiary/aromatic N) is 1. The molecule has 184 valence electrons. The van der Waals surface area contributed by atoms with Gasteiger partial charge in [-0.3, -0.25) is 9.59 Å². The third-order valence-corrected chi connectivity index (χ3v) is 7.00. The topological polar surface area (TPSA) is 74.4 Å². The minimum Gasteiger partial charge on any atom is -0.497 e. The molecule has 2 N–H and O–H groups in total.